The molecule has 0 bridgehead atoms. The zero-order valence-electron chi connectivity index (χ0n) is 10.8. The maximum Gasteiger partial charge on any atom is 0.435 e. The number of alkyl halides is 3. The number of anilines is 1. The van der Waals surface area contributed by atoms with Crippen molar-refractivity contribution in [2.45, 2.75) is 12.5 Å². The SMILES string of the molecule is COC(CNc1nccn2nc(C(F)(F)F)cc12)OC. The van der Waals surface area contributed by atoms with E-state index in [4.69, 9.17) is 9.47 Å². The van der Waals surface area contributed by atoms with Crippen molar-refractivity contribution in [2.75, 3.05) is 26.1 Å². The predicted molar refractivity (Wildman–Crippen MR) is 64.3 cm³/mol. The molecule has 2 aromatic heterocycles. The minimum atomic E-state index is -4.50. The molecule has 20 heavy (non-hydrogen) atoms. The van der Waals surface area contributed by atoms with Crippen LogP contribution in [0.15, 0.2) is 18.5 Å². The van der Waals surface area contributed by atoms with Gasteiger partial charge in [0.2, 0.25) is 0 Å². The van der Waals surface area contributed by atoms with Gasteiger partial charge in [0.25, 0.3) is 0 Å². The van der Waals surface area contributed by atoms with E-state index in [1.54, 1.807) is 0 Å². The fraction of sp³-hybridized carbons (Fsp3) is 0.455. The minimum Gasteiger partial charge on any atom is -0.363 e. The number of nitrogens with one attached hydrogen (secondary N) is 1. The van der Waals surface area contributed by atoms with E-state index in [1.807, 2.05) is 0 Å². The molecule has 0 atom stereocenters. The molecule has 0 unspecified atom stereocenters. The Morgan fingerprint density at radius 3 is 2.65 bits per heavy atom. The molecule has 2 heterocycles. The van der Waals surface area contributed by atoms with Crippen LogP contribution in [0.2, 0.25) is 0 Å². The summed E-state index contributed by atoms with van der Waals surface area (Å²) < 4.78 is 48.9. The van der Waals surface area contributed by atoms with Gasteiger partial charge in [0.15, 0.2) is 17.8 Å². The van der Waals surface area contributed by atoms with Gasteiger partial charge in [-0.15, -0.1) is 0 Å². The van der Waals surface area contributed by atoms with E-state index in [0.717, 1.165) is 10.6 Å². The van der Waals surface area contributed by atoms with Gasteiger partial charge in [0.1, 0.15) is 5.52 Å². The lowest BCUT2D eigenvalue weighted by Gasteiger charge is -2.14. The molecule has 2 aromatic rings. The lowest BCUT2D eigenvalue weighted by molar-refractivity contribution is -0.141. The number of nitrogens with zero attached hydrogens (tertiary/aromatic N) is 3. The molecule has 0 saturated carbocycles. The topological polar surface area (TPSA) is 60.7 Å². The number of hydrogen-bond acceptors (Lipinski definition) is 5. The minimum absolute atomic E-state index is 0.228. The normalized spacial score (nSPS) is 12.3. The third-order valence-corrected chi connectivity index (χ3v) is 2.64. The number of halogens is 3. The maximum absolute atomic E-state index is 12.6. The highest BCUT2D eigenvalue weighted by Crippen LogP contribution is 2.29. The smallest absolute Gasteiger partial charge is 0.363 e. The molecular formula is C11H13F3N4O2. The van der Waals surface area contributed by atoms with E-state index < -0.39 is 18.2 Å². The van der Waals surface area contributed by atoms with Crippen molar-refractivity contribution in [1.82, 2.24) is 14.6 Å². The quantitative estimate of drug-likeness (QED) is 0.851. The molecule has 6 nitrogen and oxygen atoms in total. The van der Waals surface area contributed by atoms with Crippen molar-refractivity contribution in [2.24, 2.45) is 0 Å². The van der Waals surface area contributed by atoms with Crippen LogP contribution < -0.4 is 5.32 Å². The first-order chi connectivity index (χ1) is 9.45. The van der Waals surface area contributed by atoms with Gasteiger partial charge in [-0.05, 0) is 0 Å². The molecule has 1 N–H and O–H groups in total. The Morgan fingerprint density at radius 2 is 2.05 bits per heavy atom. The molecule has 0 aliphatic rings. The van der Waals surface area contributed by atoms with E-state index in [2.05, 4.69) is 15.4 Å². The van der Waals surface area contributed by atoms with Crippen LogP contribution in [-0.2, 0) is 15.7 Å². The van der Waals surface area contributed by atoms with Gasteiger partial charge in [-0.1, -0.05) is 0 Å². The molecule has 0 fully saturated rings. The van der Waals surface area contributed by atoms with Gasteiger partial charge in [-0.3, -0.25) is 0 Å². The van der Waals surface area contributed by atoms with Crippen molar-refractivity contribution in [3.63, 3.8) is 0 Å². The van der Waals surface area contributed by atoms with Crippen LogP contribution in [0, 0.1) is 0 Å². The first kappa shape index (κ1) is 14.5. The third kappa shape index (κ3) is 2.99. The zero-order valence-corrected chi connectivity index (χ0v) is 10.8. The number of rotatable bonds is 5. The Balaban J connectivity index is 2.27. The van der Waals surface area contributed by atoms with Crippen molar-refractivity contribution >= 4 is 11.3 Å². The first-order valence-electron chi connectivity index (χ1n) is 5.66. The van der Waals surface area contributed by atoms with E-state index in [1.165, 1.54) is 26.6 Å². The molecule has 2 rings (SSSR count). The Labute approximate surface area is 112 Å². The van der Waals surface area contributed by atoms with Crippen LogP contribution in [0.25, 0.3) is 5.52 Å². The van der Waals surface area contributed by atoms with Crippen molar-refractivity contribution in [1.29, 1.82) is 0 Å². The summed E-state index contributed by atoms with van der Waals surface area (Å²) in [7, 11) is 2.93. The van der Waals surface area contributed by atoms with Gasteiger partial charge in [-0.2, -0.15) is 18.3 Å². The van der Waals surface area contributed by atoms with Gasteiger partial charge in [-0.25, -0.2) is 9.50 Å². The summed E-state index contributed by atoms with van der Waals surface area (Å²) in [5.41, 5.74) is -0.741. The van der Waals surface area contributed by atoms with Crippen LogP contribution in [-0.4, -0.2) is 41.7 Å². The molecular weight excluding hydrogens is 277 g/mol. The number of methoxy groups -OCH3 is 2. The molecule has 110 valence electrons. The number of fused-ring (bicyclic) bond motifs is 1. The highest BCUT2D eigenvalue weighted by molar-refractivity contribution is 5.67. The highest BCUT2D eigenvalue weighted by atomic mass is 19.4. The van der Waals surface area contributed by atoms with Gasteiger partial charge in [0.05, 0.1) is 6.54 Å². The summed E-state index contributed by atoms with van der Waals surface area (Å²) in [4.78, 5) is 3.99. The number of ether oxygens (including phenoxy) is 2. The summed E-state index contributed by atoms with van der Waals surface area (Å²) in [6.07, 6.45) is -2.32. The maximum atomic E-state index is 12.6. The summed E-state index contributed by atoms with van der Waals surface area (Å²) >= 11 is 0. The van der Waals surface area contributed by atoms with E-state index in [0.29, 0.717) is 0 Å². The van der Waals surface area contributed by atoms with E-state index in [-0.39, 0.29) is 17.9 Å². The Kier molecular flexibility index (Phi) is 4.09. The van der Waals surface area contributed by atoms with Gasteiger partial charge >= 0.3 is 6.18 Å². The summed E-state index contributed by atoms with van der Waals surface area (Å²) in [5.74, 6) is 0.273. The zero-order chi connectivity index (χ0) is 14.8. The average molecular weight is 290 g/mol. The number of hydrogen-bond donors (Lipinski definition) is 1. The fourth-order valence-electron chi connectivity index (χ4n) is 1.64. The summed E-state index contributed by atoms with van der Waals surface area (Å²) in [6, 6.07) is 0.934. The molecule has 0 amide bonds. The highest BCUT2D eigenvalue weighted by Gasteiger charge is 2.34. The fourth-order valence-corrected chi connectivity index (χ4v) is 1.64. The Hall–Kier alpha value is -1.87. The van der Waals surface area contributed by atoms with Gasteiger partial charge < -0.3 is 14.8 Å². The lowest BCUT2D eigenvalue weighted by atomic mass is 10.3. The molecule has 0 saturated heterocycles. The third-order valence-electron chi connectivity index (χ3n) is 2.64. The second-order valence-electron chi connectivity index (χ2n) is 3.91. The molecule has 9 heteroatoms. The van der Waals surface area contributed by atoms with Crippen LogP contribution in [0.4, 0.5) is 19.0 Å². The van der Waals surface area contributed by atoms with Crippen LogP contribution in [0.5, 0.6) is 0 Å². The summed E-state index contributed by atoms with van der Waals surface area (Å²) in [5, 5.41) is 6.33. The van der Waals surface area contributed by atoms with Crippen molar-refractivity contribution in [3.8, 4) is 0 Å². The lowest BCUT2D eigenvalue weighted by Crippen LogP contribution is -2.24. The standard InChI is InChI=1S/C11H13F3N4O2/c1-19-9(20-2)6-16-10-7-5-8(11(12,13)14)17-18(7)4-3-15-10/h3-5,9H,6H2,1-2H3,(H,15,16). The number of aromatic nitrogens is 3. The van der Waals surface area contributed by atoms with E-state index in [9.17, 15) is 13.2 Å². The average Bonchev–Trinajstić information content (AvgIpc) is 2.84. The second kappa shape index (κ2) is 5.63. The Bertz CT molecular complexity index is 581. The van der Waals surface area contributed by atoms with Crippen LogP contribution in [0.3, 0.4) is 0 Å². The molecule has 0 aliphatic heterocycles. The van der Waals surface area contributed by atoms with Crippen molar-refractivity contribution in [3.05, 3.63) is 24.2 Å². The van der Waals surface area contributed by atoms with Crippen LogP contribution >= 0.6 is 0 Å². The molecule has 0 spiro atoms. The molecule has 0 aromatic carbocycles. The van der Waals surface area contributed by atoms with Crippen molar-refractivity contribution < 1.29 is 22.6 Å². The predicted octanol–water partition coefficient (Wildman–Crippen LogP) is 1.78. The molecule has 0 aliphatic carbocycles. The monoisotopic (exact) mass is 290 g/mol. The van der Waals surface area contributed by atoms with E-state index >= 15 is 0 Å². The Morgan fingerprint density at radius 1 is 1.35 bits per heavy atom. The molecule has 0 radical (unpaired) electrons. The van der Waals surface area contributed by atoms with Crippen LogP contribution in [0.1, 0.15) is 5.69 Å². The van der Waals surface area contributed by atoms with Gasteiger partial charge in [0, 0.05) is 32.7 Å². The second-order valence-corrected chi connectivity index (χ2v) is 3.91. The first-order valence-corrected chi connectivity index (χ1v) is 5.66. The summed E-state index contributed by atoms with van der Waals surface area (Å²) in [6.45, 7) is 0.242. The largest absolute Gasteiger partial charge is 0.435 e.